The number of methoxy groups -OCH3 is 1. The van der Waals surface area contributed by atoms with Gasteiger partial charge in [0.15, 0.2) is 0 Å². The van der Waals surface area contributed by atoms with Gasteiger partial charge in [-0.1, -0.05) is 13.8 Å². The number of nitrogens with zero attached hydrogens (tertiary/aromatic N) is 1. The highest BCUT2D eigenvalue weighted by Gasteiger charge is 2.19. The van der Waals surface area contributed by atoms with Crippen molar-refractivity contribution in [2.75, 3.05) is 13.7 Å². The molecule has 21 heavy (non-hydrogen) atoms. The smallest absolute Gasteiger partial charge is 0.322 e. The standard InChI is InChI=1S/C14H20N2O5/c1-10(2)15-13(14(17)20-3)8-9-21-12-6-4-11(5-7-12)16(18)19/h4-7,10,13,15H,8-9H2,1-3H3. The van der Waals surface area contributed by atoms with E-state index in [0.717, 1.165) is 0 Å². The highest BCUT2D eigenvalue weighted by molar-refractivity contribution is 5.75. The van der Waals surface area contributed by atoms with Crippen LogP contribution in [-0.4, -0.2) is 36.7 Å². The van der Waals surface area contributed by atoms with Crippen LogP contribution in [0.2, 0.25) is 0 Å². The summed E-state index contributed by atoms with van der Waals surface area (Å²) in [5.41, 5.74) is 0.0104. The normalized spacial score (nSPS) is 12.0. The Morgan fingerprint density at radius 3 is 2.43 bits per heavy atom. The molecule has 0 amide bonds. The third-order valence-corrected chi connectivity index (χ3v) is 2.74. The van der Waals surface area contributed by atoms with E-state index in [1.165, 1.54) is 31.4 Å². The summed E-state index contributed by atoms with van der Waals surface area (Å²) in [6, 6.07) is 5.52. The minimum atomic E-state index is -0.469. The number of ether oxygens (including phenoxy) is 2. The van der Waals surface area contributed by atoms with Crippen molar-refractivity contribution in [2.24, 2.45) is 0 Å². The molecule has 0 saturated heterocycles. The molecule has 1 aromatic rings. The van der Waals surface area contributed by atoms with Crippen LogP contribution < -0.4 is 10.1 Å². The van der Waals surface area contributed by atoms with E-state index >= 15 is 0 Å². The molecule has 0 saturated carbocycles. The third kappa shape index (κ3) is 5.78. The highest BCUT2D eigenvalue weighted by atomic mass is 16.6. The molecule has 0 heterocycles. The van der Waals surface area contributed by atoms with Crippen LogP contribution >= 0.6 is 0 Å². The van der Waals surface area contributed by atoms with E-state index in [2.05, 4.69) is 5.32 Å². The summed E-state index contributed by atoms with van der Waals surface area (Å²) in [5, 5.41) is 13.6. The first-order chi connectivity index (χ1) is 9.93. The molecule has 7 nitrogen and oxygen atoms in total. The Morgan fingerprint density at radius 2 is 1.95 bits per heavy atom. The van der Waals surface area contributed by atoms with Crippen LogP contribution in [-0.2, 0) is 9.53 Å². The number of carbonyl (C=O) groups is 1. The maximum absolute atomic E-state index is 11.6. The predicted octanol–water partition coefficient (Wildman–Crippen LogP) is 1.90. The molecule has 1 atom stereocenters. The highest BCUT2D eigenvalue weighted by Crippen LogP contribution is 2.17. The first kappa shape index (κ1) is 16.9. The minimum absolute atomic E-state index is 0.0104. The number of rotatable bonds is 8. The second-order valence-corrected chi connectivity index (χ2v) is 4.79. The van der Waals surface area contributed by atoms with Crippen LogP contribution in [0.25, 0.3) is 0 Å². The molecule has 0 fully saturated rings. The minimum Gasteiger partial charge on any atom is -0.494 e. The van der Waals surface area contributed by atoms with Crippen molar-refractivity contribution >= 4 is 11.7 Å². The van der Waals surface area contributed by atoms with Crippen LogP contribution in [0.15, 0.2) is 24.3 Å². The van der Waals surface area contributed by atoms with Crippen LogP contribution in [0, 0.1) is 10.1 Å². The van der Waals surface area contributed by atoms with Gasteiger partial charge in [0.25, 0.3) is 5.69 Å². The summed E-state index contributed by atoms with van der Waals surface area (Å²) in [6.07, 6.45) is 0.446. The fraction of sp³-hybridized carbons (Fsp3) is 0.500. The first-order valence-corrected chi connectivity index (χ1v) is 6.65. The Morgan fingerprint density at radius 1 is 1.33 bits per heavy atom. The summed E-state index contributed by atoms with van der Waals surface area (Å²) in [6.45, 7) is 4.18. The molecule has 0 radical (unpaired) electrons. The fourth-order valence-corrected chi connectivity index (χ4v) is 1.77. The van der Waals surface area contributed by atoms with Gasteiger partial charge in [0.2, 0.25) is 0 Å². The van der Waals surface area contributed by atoms with Crippen molar-refractivity contribution in [3.63, 3.8) is 0 Å². The van der Waals surface area contributed by atoms with E-state index in [1.807, 2.05) is 13.8 Å². The zero-order chi connectivity index (χ0) is 15.8. The Hall–Kier alpha value is -2.15. The van der Waals surface area contributed by atoms with E-state index in [4.69, 9.17) is 9.47 Å². The maximum Gasteiger partial charge on any atom is 0.322 e. The zero-order valence-electron chi connectivity index (χ0n) is 12.4. The Kier molecular flexibility index (Phi) is 6.61. The molecule has 0 aliphatic carbocycles. The molecular weight excluding hydrogens is 276 g/mol. The van der Waals surface area contributed by atoms with Crippen molar-refractivity contribution in [3.8, 4) is 5.75 Å². The summed E-state index contributed by atoms with van der Waals surface area (Å²) in [7, 11) is 1.34. The molecule has 1 aromatic carbocycles. The number of nitro benzene ring substituents is 1. The van der Waals surface area contributed by atoms with Gasteiger partial charge in [0.1, 0.15) is 11.8 Å². The largest absolute Gasteiger partial charge is 0.494 e. The Bertz CT molecular complexity index is 473. The monoisotopic (exact) mass is 296 g/mol. The average Bonchev–Trinajstić information content (AvgIpc) is 2.45. The number of hydrogen-bond donors (Lipinski definition) is 1. The van der Waals surface area contributed by atoms with Crippen molar-refractivity contribution < 1.29 is 19.2 Å². The van der Waals surface area contributed by atoms with Gasteiger partial charge < -0.3 is 14.8 Å². The van der Waals surface area contributed by atoms with E-state index in [1.54, 1.807) is 0 Å². The summed E-state index contributed by atoms with van der Waals surface area (Å²) < 4.78 is 10.2. The number of nitrogens with one attached hydrogen (secondary N) is 1. The van der Waals surface area contributed by atoms with E-state index < -0.39 is 11.0 Å². The van der Waals surface area contributed by atoms with Crippen LogP contribution in [0.3, 0.4) is 0 Å². The number of hydrogen-bond acceptors (Lipinski definition) is 6. The lowest BCUT2D eigenvalue weighted by molar-refractivity contribution is -0.384. The van der Waals surface area contributed by atoms with E-state index in [-0.39, 0.29) is 17.7 Å². The quantitative estimate of drug-likeness (QED) is 0.447. The van der Waals surface area contributed by atoms with Gasteiger partial charge in [-0.25, -0.2) is 0 Å². The van der Waals surface area contributed by atoms with Gasteiger partial charge in [0, 0.05) is 24.6 Å². The average molecular weight is 296 g/mol. The molecule has 0 bridgehead atoms. The molecule has 116 valence electrons. The SMILES string of the molecule is COC(=O)C(CCOc1ccc([N+](=O)[O-])cc1)NC(C)C. The predicted molar refractivity (Wildman–Crippen MR) is 77.3 cm³/mol. The van der Waals surface area contributed by atoms with Gasteiger partial charge in [-0.2, -0.15) is 0 Å². The van der Waals surface area contributed by atoms with Gasteiger partial charge in [-0.05, 0) is 12.1 Å². The second kappa shape index (κ2) is 8.21. The van der Waals surface area contributed by atoms with E-state index in [0.29, 0.717) is 18.8 Å². The zero-order valence-corrected chi connectivity index (χ0v) is 12.4. The third-order valence-electron chi connectivity index (χ3n) is 2.74. The molecule has 7 heteroatoms. The van der Waals surface area contributed by atoms with Crippen molar-refractivity contribution in [1.29, 1.82) is 0 Å². The number of non-ortho nitro benzene ring substituents is 1. The van der Waals surface area contributed by atoms with E-state index in [9.17, 15) is 14.9 Å². The van der Waals surface area contributed by atoms with Crippen LogP contribution in [0.5, 0.6) is 5.75 Å². The number of benzene rings is 1. The Labute approximate surface area is 123 Å². The number of nitro groups is 1. The lowest BCUT2D eigenvalue weighted by Gasteiger charge is -2.19. The molecule has 1 unspecified atom stereocenters. The number of carbonyl (C=O) groups excluding carboxylic acids is 1. The molecular formula is C14H20N2O5. The first-order valence-electron chi connectivity index (χ1n) is 6.65. The molecule has 0 aromatic heterocycles. The topological polar surface area (TPSA) is 90.7 Å². The van der Waals surface area contributed by atoms with Crippen molar-refractivity contribution in [1.82, 2.24) is 5.32 Å². The summed E-state index contributed by atoms with van der Waals surface area (Å²) in [5.74, 6) is 0.185. The fourth-order valence-electron chi connectivity index (χ4n) is 1.77. The Balaban J connectivity index is 2.49. The maximum atomic E-state index is 11.6. The molecule has 1 N–H and O–H groups in total. The van der Waals surface area contributed by atoms with Gasteiger partial charge in [0.05, 0.1) is 18.6 Å². The van der Waals surface area contributed by atoms with Crippen molar-refractivity contribution in [3.05, 3.63) is 34.4 Å². The van der Waals surface area contributed by atoms with Gasteiger partial charge in [-0.3, -0.25) is 14.9 Å². The molecule has 0 aliphatic heterocycles. The van der Waals surface area contributed by atoms with Gasteiger partial charge in [-0.15, -0.1) is 0 Å². The summed E-state index contributed by atoms with van der Waals surface area (Å²) in [4.78, 5) is 21.7. The van der Waals surface area contributed by atoms with Gasteiger partial charge >= 0.3 is 5.97 Å². The lowest BCUT2D eigenvalue weighted by atomic mass is 10.2. The lowest BCUT2D eigenvalue weighted by Crippen LogP contribution is -2.42. The van der Waals surface area contributed by atoms with Crippen molar-refractivity contribution in [2.45, 2.75) is 32.4 Å². The van der Waals surface area contributed by atoms with Crippen LogP contribution in [0.1, 0.15) is 20.3 Å². The molecule has 1 rings (SSSR count). The van der Waals surface area contributed by atoms with Crippen LogP contribution in [0.4, 0.5) is 5.69 Å². The molecule has 0 spiro atoms. The summed E-state index contributed by atoms with van der Waals surface area (Å²) >= 11 is 0. The molecule has 0 aliphatic rings. The number of esters is 1. The second-order valence-electron chi connectivity index (χ2n) is 4.79.